The van der Waals surface area contributed by atoms with Gasteiger partial charge in [-0.25, -0.2) is 0 Å². The number of alkyl halides is 2. The van der Waals surface area contributed by atoms with Crippen molar-refractivity contribution in [2.45, 2.75) is 19.6 Å². The maximum atomic E-state index is 12.2. The van der Waals surface area contributed by atoms with Gasteiger partial charge < -0.3 is 10.1 Å². The zero-order valence-corrected chi connectivity index (χ0v) is 11.6. The van der Waals surface area contributed by atoms with Gasteiger partial charge in [0.15, 0.2) is 0 Å². The third-order valence-corrected chi connectivity index (χ3v) is 3.03. The lowest BCUT2D eigenvalue weighted by molar-refractivity contribution is -0.0498. The zero-order chi connectivity index (χ0) is 14.5. The fourth-order valence-electron chi connectivity index (χ4n) is 1.87. The summed E-state index contributed by atoms with van der Waals surface area (Å²) < 4.78 is 28.8. The van der Waals surface area contributed by atoms with Crippen molar-refractivity contribution in [3.8, 4) is 5.75 Å². The minimum atomic E-state index is -2.82. The van der Waals surface area contributed by atoms with E-state index in [4.69, 9.17) is 11.6 Å². The van der Waals surface area contributed by atoms with Crippen molar-refractivity contribution in [3.63, 3.8) is 0 Å². The number of nitrogens with one attached hydrogen (secondary N) is 1. The largest absolute Gasteiger partial charge is 0.435 e. The number of rotatable bonds is 5. The van der Waals surface area contributed by atoms with Gasteiger partial charge in [-0.3, -0.25) is 0 Å². The molecule has 2 aromatic carbocycles. The van der Waals surface area contributed by atoms with E-state index in [-0.39, 0.29) is 11.8 Å². The average Bonchev–Trinajstić information content (AvgIpc) is 2.38. The van der Waals surface area contributed by atoms with Gasteiger partial charge in [-0.2, -0.15) is 8.78 Å². The average molecular weight is 298 g/mol. The fourth-order valence-corrected chi connectivity index (χ4v) is 2.06. The molecule has 0 radical (unpaired) electrons. The Morgan fingerprint density at radius 2 is 1.85 bits per heavy atom. The van der Waals surface area contributed by atoms with Crippen molar-refractivity contribution in [2.75, 3.05) is 5.32 Å². The molecule has 0 fully saturated rings. The Morgan fingerprint density at radius 1 is 1.10 bits per heavy atom. The molecule has 0 amide bonds. The van der Waals surface area contributed by atoms with Crippen molar-refractivity contribution < 1.29 is 13.5 Å². The summed E-state index contributed by atoms with van der Waals surface area (Å²) >= 11 is 5.91. The molecule has 0 aromatic heterocycles. The molecular weight excluding hydrogens is 284 g/mol. The van der Waals surface area contributed by atoms with Crippen LogP contribution in [0, 0.1) is 0 Å². The van der Waals surface area contributed by atoms with Crippen LogP contribution in [0.25, 0.3) is 0 Å². The highest BCUT2D eigenvalue weighted by Gasteiger charge is 2.09. The van der Waals surface area contributed by atoms with Crippen molar-refractivity contribution >= 4 is 17.3 Å². The SMILES string of the molecule is CC(Nc1cccc(Cl)c1)c1cccc(OC(F)F)c1. The van der Waals surface area contributed by atoms with E-state index < -0.39 is 6.61 Å². The lowest BCUT2D eigenvalue weighted by atomic mass is 10.1. The predicted molar refractivity (Wildman–Crippen MR) is 76.6 cm³/mol. The minimum Gasteiger partial charge on any atom is -0.435 e. The highest BCUT2D eigenvalue weighted by atomic mass is 35.5. The first-order valence-corrected chi connectivity index (χ1v) is 6.49. The number of benzene rings is 2. The van der Waals surface area contributed by atoms with E-state index in [1.807, 2.05) is 25.1 Å². The highest BCUT2D eigenvalue weighted by molar-refractivity contribution is 6.30. The maximum absolute atomic E-state index is 12.2. The number of anilines is 1. The van der Waals surface area contributed by atoms with E-state index >= 15 is 0 Å². The molecule has 106 valence electrons. The summed E-state index contributed by atoms with van der Waals surface area (Å²) in [7, 11) is 0. The summed E-state index contributed by atoms with van der Waals surface area (Å²) in [6, 6.07) is 13.9. The van der Waals surface area contributed by atoms with Gasteiger partial charge in [-0.1, -0.05) is 29.8 Å². The first-order chi connectivity index (χ1) is 9.54. The summed E-state index contributed by atoms with van der Waals surface area (Å²) in [5.41, 5.74) is 1.72. The van der Waals surface area contributed by atoms with Crippen molar-refractivity contribution in [2.24, 2.45) is 0 Å². The molecule has 5 heteroatoms. The lowest BCUT2D eigenvalue weighted by Crippen LogP contribution is -2.07. The summed E-state index contributed by atoms with van der Waals surface area (Å²) in [5.74, 6) is 0.150. The van der Waals surface area contributed by atoms with Gasteiger partial charge in [0.05, 0.1) is 0 Å². The minimum absolute atomic E-state index is 0.0605. The summed E-state index contributed by atoms with van der Waals surface area (Å²) in [6.45, 7) is -0.885. The third kappa shape index (κ3) is 4.10. The number of hydrogen-bond acceptors (Lipinski definition) is 2. The van der Waals surface area contributed by atoms with Crippen molar-refractivity contribution in [1.29, 1.82) is 0 Å². The van der Waals surface area contributed by atoms with E-state index in [0.717, 1.165) is 11.3 Å². The smallest absolute Gasteiger partial charge is 0.387 e. The van der Waals surface area contributed by atoms with Crippen LogP contribution < -0.4 is 10.1 Å². The number of hydrogen-bond donors (Lipinski definition) is 1. The number of halogens is 3. The molecule has 0 saturated heterocycles. The van der Waals surface area contributed by atoms with Gasteiger partial charge in [0, 0.05) is 16.8 Å². The Hall–Kier alpha value is -1.81. The molecular formula is C15H14ClF2NO. The Balaban J connectivity index is 2.10. The Bertz CT molecular complexity index is 577. The van der Waals surface area contributed by atoms with E-state index in [2.05, 4.69) is 10.1 Å². The molecule has 2 aromatic rings. The van der Waals surface area contributed by atoms with E-state index in [1.165, 1.54) is 6.07 Å². The van der Waals surface area contributed by atoms with Crippen LogP contribution in [0.1, 0.15) is 18.5 Å². The molecule has 1 N–H and O–H groups in total. The molecule has 1 unspecified atom stereocenters. The molecule has 0 heterocycles. The van der Waals surface area contributed by atoms with E-state index in [1.54, 1.807) is 24.3 Å². The first kappa shape index (κ1) is 14.6. The van der Waals surface area contributed by atoms with E-state index in [9.17, 15) is 8.78 Å². The monoisotopic (exact) mass is 297 g/mol. The lowest BCUT2D eigenvalue weighted by Gasteiger charge is -2.17. The van der Waals surface area contributed by atoms with Crippen LogP contribution in [0.3, 0.4) is 0 Å². The molecule has 0 bridgehead atoms. The fraction of sp³-hybridized carbons (Fsp3) is 0.200. The second-order valence-electron chi connectivity index (χ2n) is 4.33. The predicted octanol–water partition coefficient (Wildman–Crippen LogP) is 5.11. The molecule has 1 atom stereocenters. The summed E-state index contributed by atoms with van der Waals surface area (Å²) in [5, 5.41) is 3.89. The Kier molecular flexibility index (Phi) is 4.79. The Morgan fingerprint density at radius 3 is 2.55 bits per heavy atom. The summed E-state index contributed by atoms with van der Waals surface area (Å²) in [6.07, 6.45) is 0. The van der Waals surface area contributed by atoms with Crippen LogP contribution in [-0.4, -0.2) is 6.61 Å². The maximum Gasteiger partial charge on any atom is 0.387 e. The van der Waals surface area contributed by atoms with Crippen LogP contribution in [0.5, 0.6) is 5.75 Å². The van der Waals surface area contributed by atoms with Gasteiger partial charge >= 0.3 is 6.61 Å². The van der Waals surface area contributed by atoms with Gasteiger partial charge in [-0.05, 0) is 42.8 Å². The molecule has 0 aliphatic heterocycles. The summed E-state index contributed by atoms with van der Waals surface area (Å²) in [4.78, 5) is 0. The van der Waals surface area contributed by atoms with Gasteiger partial charge in [0.1, 0.15) is 5.75 Å². The molecule has 2 nitrogen and oxygen atoms in total. The van der Waals surface area contributed by atoms with Crippen LogP contribution in [-0.2, 0) is 0 Å². The quantitative estimate of drug-likeness (QED) is 0.827. The molecule has 20 heavy (non-hydrogen) atoms. The third-order valence-electron chi connectivity index (χ3n) is 2.79. The Labute approximate surface area is 121 Å². The molecule has 0 aliphatic rings. The second kappa shape index (κ2) is 6.57. The van der Waals surface area contributed by atoms with Gasteiger partial charge in [-0.15, -0.1) is 0 Å². The highest BCUT2D eigenvalue weighted by Crippen LogP contribution is 2.24. The van der Waals surface area contributed by atoms with Gasteiger partial charge in [0.2, 0.25) is 0 Å². The molecule has 2 rings (SSSR count). The normalized spacial score (nSPS) is 12.2. The second-order valence-corrected chi connectivity index (χ2v) is 4.76. The first-order valence-electron chi connectivity index (χ1n) is 6.11. The molecule has 0 aliphatic carbocycles. The van der Waals surface area contributed by atoms with Gasteiger partial charge in [0.25, 0.3) is 0 Å². The topological polar surface area (TPSA) is 21.3 Å². The molecule has 0 saturated carbocycles. The molecule has 0 spiro atoms. The van der Waals surface area contributed by atoms with Crippen molar-refractivity contribution in [3.05, 3.63) is 59.1 Å². The van der Waals surface area contributed by atoms with Crippen molar-refractivity contribution in [1.82, 2.24) is 0 Å². The van der Waals surface area contributed by atoms with Crippen LogP contribution in [0.15, 0.2) is 48.5 Å². The van der Waals surface area contributed by atoms with E-state index in [0.29, 0.717) is 5.02 Å². The number of ether oxygens (including phenoxy) is 1. The zero-order valence-electron chi connectivity index (χ0n) is 10.8. The standard InChI is InChI=1S/C15H14ClF2NO/c1-10(19-13-6-3-5-12(16)9-13)11-4-2-7-14(8-11)20-15(17)18/h2-10,15,19H,1H3. The van der Waals surface area contributed by atoms with Crippen LogP contribution in [0.2, 0.25) is 5.02 Å². The van der Waals surface area contributed by atoms with Crippen LogP contribution >= 0.6 is 11.6 Å². The van der Waals surface area contributed by atoms with Crippen LogP contribution in [0.4, 0.5) is 14.5 Å².